The maximum absolute atomic E-state index is 2.40. The Hall–Kier alpha value is -0.0400. The van der Waals surface area contributed by atoms with Crippen LogP contribution in [-0.2, 0) is 0 Å². The molecule has 0 aromatic rings. The second-order valence-corrected chi connectivity index (χ2v) is 3.18. The molecule has 1 aliphatic rings. The van der Waals surface area contributed by atoms with Crippen LogP contribution in [0.1, 0.15) is 27.7 Å². The summed E-state index contributed by atoms with van der Waals surface area (Å²) in [6.07, 6.45) is 0. The monoisotopic (exact) mass is 143 g/mol. The van der Waals surface area contributed by atoms with Crippen molar-refractivity contribution in [3.8, 4) is 0 Å². The van der Waals surface area contributed by atoms with Gasteiger partial charge >= 0.3 is 0 Å². The second-order valence-electron chi connectivity index (χ2n) is 3.18. The van der Waals surface area contributed by atoms with Crippen LogP contribution in [0.4, 0.5) is 0 Å². The van der Waals surface area contributed by atoms with Gasteiger partial charge in [-0.15, -0.1) is 0 Å². The minimum Gasteiger partial charge on any atom is -0.306 e. The summed E-state index contributed by atoms with van der Waals surface area (Å²) in [5, 5.41) is 0. The largest absolute Gasteiger partial charge is 0.306 e. The van der Waals surface area contributed by atoms with Crippen molar-refractivity contribution in [2.24, 2.45) is 11.8 Å². The van der Waals surface area contributed by atoms with E-state index in [1.807, 2.05) is 13.8 Å². The fourth-order valence-electron chi connectivity index (χ4n) is 1.42. The lowest BCUT2D eigenvalue weighted by Gasteiger charge is -2.03. The maximum Gasteiger partial charge on any atom is 0.000711 e. The molecular weight excluding hydrogens is 122 g/mol. The van der Waals surface area contributed by atoms with Gasteiger partial charge in [0.1, 0.15) is 0 Å². The Morgan fingerprint density at radius 2 is 1.30 bits per heavy atom. The van der Waals surface area contributed by atoms with Crippen LogP contribution >= 0.6 is 0 Å². The van der Waals surface area contributed by atoms with E-state index in [4.69, 9.17) is 0 Å². The first-order valence-corrected chi connectivity index (χ1v) is 4.38. The summed E-state index contributed by atoms with van der Waals surface area (Å²) in [4.78, 5) is 2.40. The molecule has 0 spiro atoms. The predicted octanol–water partition coefficient (Wildman–Crippen LogP) is 2.23. The smallest absolute Gasteiger partial charge is 0.000711 e. The van der Waals surface area contributed by atoms with Crippen LogP contribution in [0.3, 0.4) is 0 Å². The molecule has 1 fully saturated rings. The molecule has 1 saturated heterocycles. The highest BCUT2D eigenvalue weighted by Gasteiger charge is 2.22. The summed E-state index contributed by atoms with van der Waals surface area (Å²) in [5.41, 5.74) is 0. The lowest BCUT2D eigenvalue weighted by atomic mass is 10.0. The molecule has 0 radical (unpaired) electrons. The zero-order valence-electron chi connectivity index (χ0n) is 8.02. The number of hydrogen-bond donors (Lipinski definition) is 0. The first-order valence-electron chi connectivity index (χ1n) is 4.38. The molecule has 0 aromatic heterocycles. The van der Waals surface area contributed by atoms with E-state index in [0.29, 0.717) is 0 Å². The van der Waals surface area contributed by atoms with Crippen molar-refractivity contribution >= 4 is 0 Å². The highest BCUT2D eigenvalue weighted by Crippen LogP contribution is 2.19. The Morgan fingerprint density at radius 3 is 1.40 bits per heavy atom. The molecule has 0 bridgehead atoms. The Balaban J connectivity index is 0.000000371. The molecule has 2 atom stereocenters. The normalized spacial score (nSPS) is 33.3. The van der Waals surface area contributed by atoms with Crippen LogP contribution in [0.15, 0.2) is 0 Å². The van der Waals surface area contributed by atoms with Crippen molar-refractivity contribution in [1.29, 1.82) is 0 Å². The Kier molecular flexibility index (Phi) is 4.71. The molecule has 1 aliphatic heterocycles. The molecule has 0 N–H and O–H groups in total. The molecule has 1 heterocycles. The molecule has 0 aromatic carbocycles. The van der Waals surface area contributed by atoms with Gasteiger partial charge in [0.2, 0.25) is 0 Å². The van der Waals surface area contributed by atoms with Crippen molar-refractivity contribution in [3.05, 3.63) is 0 Å². The number of nitrogens with zero attached hydrogens (tertiary/aromatic N) is 1. The summed E-state index contributed by atoms with van der Waals surface area (Å²) >= 11 is 0. The number of likely N-dealkylation sites (tertiary alicyclic amines) is 1. The first-order chi connectivity index (χ1) is 4.70. The molecule has 62 valence electrons. The third-order valence-corrected chi connectivity index (χ3v) is 2.17. The van der Waals surface area contributed by atoms with Gasteiger partial charge in [-0.05, 0) is 18.9 Å². The summed E-state index contributed by atoms with van der Waals surface area (Å²) in [6, 6.07) is 0. The average molecular weight is 143 g/mol. The molecule has 1 rings (SSSR count). The van der Waals surface area contributed by atoms with Crippen molar-refractivity contribution in [2.75, 3.05) is 20.1 Å². The topological polar surface area (TPSA) is 3.24 Å². The molecule has 0 aliphatic carbocycles. The van der Waals surface area contributed by atoms with E-state index in [1.54, 1.807) is 0 Å². The minimum atomic E-state index is 0.917. The van der Waals surface area contributed by atoms with Crippen molar-refractivity contribution < 1.29 is 0 Å². The van der Waals surface area contributed by atoms with Gasteiger partial charge < -0.3 is 4.90 Å². The van der Waals surface area contributed by atoms with Crippen LogP contribution in [-0.4, -0.2) is 25.0 Å². The van der Waals surface area contributed by atoms with Gasteiger partial charge in [-0.25, -0.2) is 0 Å². The first kappa shape index (κ1) is 9.96. The van der Waals surface area contributed by atoms with Crippen molar-refractivity contribution in [1.82, 2.24) is 4.90 Å². The number of rotatable bonds is 0. The lowest BCUT2D eigenvalue weighted by Crippen LogP contribution is -2.13. The van der Waals surface area contributed by atoms with Crippen LogP contribution in [0.2, 0.25) is 0 Å². The molecule has 10 heavy (non-hydrogen) atoms. The quantitative estimate of drug-likeness (QED) is 0.502. The van der Waals surface area contributed by atoms with E-state index in [1.165, 1.54) is 13.1 Å². The summed E-state index contributed by atoms with van der Waals surface area (Å²) < 4.78 is 0. The van der Waals surface area contributed by atoms with Gasteiger partial charge in [-0.1, -0.05) is 27.7 Å². The minimum absolute atomic E-state index is 0.917. The van der Waals surface area contributed by atoms with E-state index in [-0.39, 0.29) is 0 Å². The third-order valence-electron chi connectivity index (χ3n) is 2.17. The van der Waals surface area contributed by atoms with Gasteiger partial charge in [0.25, 0.3) is 0 Å². The van der Waals surface area contributed by atoms with Crippen molar-refractivity contribution in [3.63, 3.8) is 0 Å². The standard InChI is InChI=1S/C7H15N.C2H6/c1-6-4-8(3)5-7(6)2;1-2/h6-7H,4-5H2,1-3H3;1-2H3/t6-,7?;/m1./s1. The zero-order valence-corrected chi connectivity index (χ0v) is 8.02. The summed E-state index contributed by atoms with van der Waals surface area (Å²) in [6.45, 7) is 11.2. The van der Waals surface area contributed by atoms with Gasteiger partial charge in [0.15, 0.2) is 0 Å². The Morgan fingerprint density at radius 1 is 1.00 bits per heavy atom. The van der Waals surface area contributed by atoms with Crippen LogP contribution in [0.25, 0.3) is 0 Å². The van der Waals surface area contributed by atoms with Gasteiger partial charge in [-0.3, -0.25) is 0 Å². The predicted molar refractivity (Wildman–Crippen MR) is 47.2 cm³/mol. The molecule has 0 saturated carbocycles. The van der Waals surface area contributed by atoms with Gasteiger partial charge in [0, 0.05) is 13.1 Å². The highest BCUT2D eigenvalue weighted by molar-refractivity contribution is 4.75. The molecule has 0 amide bonds. The van der Waals surface area contributed by atoms with Crippen LogP contribution in [0.5, 0.6) is 0 Å². The van der Waals surface area contributed by atoms with E-state index < -0.39 is 0 Å². The van der Waals surface area contributed by atoms with E-state index in [2.05, 4.69) is 25.8 Å². The van der Waals surface area contributed by atoms with Crippen LogP contribution < -0.4 is 0 Å². The zero-order chi connectivity index (χ0) is 8.15. The van der Waals surface area contributed by atoms with Crippen LogP contribution in [0, 0.1) is 11.8 Å². The third kappa shape index (κ3) is 2.70. The average Bonchev–Trinajstić information content (AvgIpc) is 2.16. The van der Waals surface area contributed by atoms with E-state index >= 15 is 0 Å². The number of hydrogen-bond acceptors (Lipinski definition) is 1. The highest BCUT2D eigenvalue weighted by atomic mass is 15.1. The SMILES string of the molecule is CC.CC1CN(C)C[C@H]1C. The summed E-state index contributed by atoms with van der Waals surface area (Å²) in [7, 11) is 2.19. The molecule has 1 nitrogen and oxygen atoms in total. The lowest BCUT2D eigenvalue weighted by molar-refractivity contribution is 0.398. The fourth-order valence-corrected chi connectivity index (χ4v) is 1.42. The second kappa shape index (κ2) is 4.73. The van der Waals surface area contributed by atoms with Gasteiger partial charge in [0.05, 0.1) is 0 Å². The van der Waals surface area contributed by atoms with E-state index in [0.717, 1.165) is 11.8 Å². The Bertz CT molecular complexity index is 70.8. The molecule has 1 unspecified atom stereocenters. The summed E-state index contributed by atoms with van der Waals surface area (Å²) in [5.74, 6) is 1.83. The molecule has 1 heteroatoms. The fraction of sp³-hybridized carbons (Fsp3) is 1.00. The molecular formula is C9H21N. The van der Waals surface area contributed by atoms with Gasteiger partial charge in [-0.2, -0.15) is 0 Å². The van der Waals surface area contributed by atoms with Crippen molar-refractivity contribution in [2.45, 2.75) is 27.7 Å². The Labute approximate surface area is 65.4 Å². The maximum atomic E-state index is 2.40. The van der Waals surface area contributed by atoms with E-state index in [9.17, 15) is 0 Å².